The number of para-hydroxylation sites is 2. The van der Waals surface area contributed by atoms with Crippen LogP contribution < -0.4 is 0 Å². The molecule has 58 heavy (non-hydrogen) atoms. The maximum atomic E-state index is 6.28. The molecule has 10 rings (SSSR count). The van der Waals surface area contributed by atoms with Crippen molar-refractivity contribution in [3.05, 3.63) is 163 Å². The first-order valence-electron chi connectivity index (χ1n) is 19.5. The first-order valence-corrected chi connectivity index (χ1v) is 19.5. The van der Waals surface area contributed by atoms with E-state index in [9.17, 15) is 0 Å². The first-order chi connectivity index (χ1) is 27.5. The number of hydrogen-bond donors (Lipinski definition) is 0. The molecule has 0 N–H and O–H groups in total. The van der Waals surface area contributed by atoms with Crippen molar-refractivity contribution in [2.45, 2.75) is 52.4 Å². The molecule has 0 aliphatic rings. The molecule has 10 aromatic rings. The van der Waals surface area contributed by atoms with Crippen LogP contribution in [0.2, 0.25) is 0 Å². The van der Waals surface area contributed by atoms with E-state index in [-0.39, 0.29) is 31.9 Å². The number of hydrogen-bond acceptors (Lipinski definition) is 4. The minimum atomic E-state index is -0.118. The zero-order valence-electron chi connectivity index (χ0n) is 33.3. The fourth-order valence-electron chi connectivity index (χ4n) is 7.79. The Morgan fingerprint density at radius 2 is 1.28 bits per heavy atom. The normalized spacial score (nSPS) is 12.2. The molecule has 0 saturated carbocycles. The largest absolute Gasteiger partial charge is 2.00 e. The summed E-state index contributed by atoms with van der Waals surface area (Å²) in [6.45, 7) is 13.5. The van der Waals surface area contributed by atoms with Crippen LogP contribution in [0.1, 0.15) is 52.7 Å². The summed E-state index contributed by atoms with van der Waals surface area (Å²) >= 11 is 0. The van der Waals surface area contributed by atoms with Crippen LogP contribution in [0.25, 0.3) is 94.7 Å². The number of furan rings is 2. The zero-order valence-corrected chi connectivity index (χ0v) is 35.5. The van der Waals surface area contributed by atoms with E-state index >= 15 is 0 Å². The van der Waals surface area contributed by atoms with Gasteiger partial charge in [-0.2, -0.15) is 23.8 Å². The van der Waals surface area contributed by atoms with Crippen LogP contribution in [0, 0.1) is 12.1 Å². The van der Waals surface area contributed by atoms with E-state index < -0.39 is 0 Å². The van der Waals surface area contributed by atoms with E-state index in [1.54, 1.807) is 0 Å². The monoisotopic (exact) mass is 934 g/mol. The van der Waals surface area contributed by atoms with Gasteiger partial charge in [-0.3, -0.25) is 9.97 Å². The summed E-state index contributed by atoms with van der Waals surface area (Å²) in [6.07, 6.45) is 1.88. The van der Waals surface area contributed by atoms with Gasteiger partial charge in [0.2, 0.25) is 0 Å². The van der Waals surface area contributed by atoms with E-state index in [1.165, 1.54) is 11.1 Å². The van der Waals surface area contributed by atoms with Crippen molar-refractivity contribution in [3.63, 3.8) is 0 Å². The summed E-state index contributed by atoms with van der Waals surface area (Å²) < 4.78 is 14.6. The number of aromatic nitrogens is 3. The smallest absolute Gasteiger partial charge is 0.452 e. The summed E-state index contributed by atoms with van der Waals surface area (Å²) in [5, 5.41) is 3.25. The third-order valence-electron chi connectivity index (χ3n) is 11.0. The van der Waals surface area contributed by atoms with Crippen LogP contribution >= 0.6 is 0 Å². The maximum Gasteiger partial charge on any atom is 2.00 e. The van der Waals surface area contributed by atoms with E-state index in [0.29, 0.717) is 0 Å². The Labute approximate surface area is 352 Å². The van der Waals surface area contributed by atoms with E-state index in [2.05, 4.69) is 155 Å². The number of pyridine rings is 2. The quantitative estimate of drug-likeness (QED) is 0.161. The summed E-state index contributed by atoms with van der Waals surface area (Å²) in [4.78, 5) is 10.3. The first kappa shape index (κ1) is 37.5. The standard InChI is InChI=1S/C52H41N3O2.Pt/c1-51(2,3)37-12-11-13-39(30-37)55-45-16-9-7-14-40(45)41-22-23-43(54-50(41)55)35-26-36(28-38(27-35)52(4,5)6)44-29-34(24-25-53-44)32-18-20-33(21-19-32)47-31-48-49(57-47)42-15-8-10-17-46(42)56-48;/h7-12,14-25,27-31H,1-6H3;/q-2;+2. The van der Waals surface area contributed by atoms with Crippen molar-refractivity contribution in [3.8, 4) is 50.7 Å². The molecule has 0 fully saturated rings. The molecular formula is C52H41N3O2Pt. The molecule has 5 aromatic carbocycles. The van der Waals surface area contributed by atoms with Crippen molar-refractivity contribution in [1.82, 2.24) is 14.5 Å². The van der Waals surface area contributed by atoms with E-state index in [0.717, 1.165) is 94.7 Å². The summed E-state index contributed by atoms with van der Waals surface area (Å²) in [5.74, 6) is 0.779. The molecule has 0 atom stereocenters. The topological polar surface area (TPSA) is 57.0 Å². The third kappa shape index (κ3) is 6.58. The molecule has 286 valence electrons. The molecule has 0 amide bonds. The molecule has 5 aromatic heterocycles. The molecule has 5 nitrogen and oxygen atoms in total. The average Bonchev–Trinajstić information content (AvgIpc) is 3.90. The molecule has 0 saturated heterocycles. The van der Waals surface area contributed by atoms with Gasteiger partial charge in [-0.25, -0.2) is 0 Å². The van der Waals surface area contributed by atoms with Crippen LogP contribution in [-0.2, 0) is 31.9 Å². The Balaban J connectivity index is 0.00000436. The van der Waals surface area contributed by atoms with Crippen molar-refractivity contribution < 1.29 is 29.9 Å². The van der Waals surface area contributed by atoms with Gasteiger partial charge in [0, 0.05) is 40.0 Å². The SMILES string of the molecule is CC(C)(C)c1cc(-c2cc(-c3ccc(-c4cc5oc6ccccc6c5o4)cc3)ccn2)[c-]c(-c2ccc3c4ccccc4n(-c4[c-]ccc(C(C)(C)C)c4)c3n2)c1.[Pt+2]. The number of nitrogens with zero attached hydrogens (tertiary/aromatic N) is 3. The molecule has 6 heteroatoms. The van der Waals surface area contributed by atoms with Gasteiger partial charge in [0.05, 0.1) is 10.9 Å². The molecule has 0 unspecified atom stereocenters. The Kier molecular flexibility index (Phi) is 9.13. The van der Waals surface area contributed by atoms with Crippen LogP contribution in [0.15, 0.2) is 148 Å². The number of rotatable bonds is 5. The van der Waals surface area contributed by atoms with Crippen LogP contribution in [0.4, 0.5) is 0 Å². The molecule has 0 bridgehead atoms. The molecular weight excluding hydrogens is 894 g/mol. The van der Waals surface area contributed by atoms with E-state index in [4.69, 9.17) is 18.8 Å². The molecule has 0 aliphatic heterocycles. The van der Waals surface area contributed by atoms with Crippen molar-refractivity contribution in [2.24, 2.45) is 0 Å². The van der Waals surface area contributed by atoms with Gasteiger partial charge in [0.25, 0.3) is 0 Å². The van der Waals surface area contributed by atoms with Crippen molar-refractivity contribution in [1.29, 1.82) is 0 Å². The van der Waals surface area contributed by atoms with Gasteiger partial charge >= 0.3 is 21.1 Å². The van der Waals surface area contributed by atoms with Crippen molar-refractivity contribution in [2.75, 3.05) is 0 Å². The van der Waals surface area contributed by atoms with Crippen LogP contribution in [-0.4, -0.2) is 14.5 Å². The summed E-state index contributed by atoms with van der Waals surface area (Å²) in [6, 6.07) is 53.6. The third-order valence-corrected chi connectivity index (χ3v) is 11.0. The minimum absolute atomic E-state index is 0. The van der Waals surface area contributed by atoms with Crippen molar-refractivity contribution >= 4 is 44.1 Å². The predicted octanol–water partition coefficient (Wildman–Crippen LogP) is 13.9. The second kappa shape index (κ2) is 14.1. The van der Waals surface area contributed by atoms with Gasteiger partial charge in [0.1, 0.15) is 17.0 Å². The van der Waals surface area contributed by atoms with Crippen LogP contribution in [0.5, 0.6) is 0 Å². The van der Waals surface area contributed by atoms with Crippen LogP contribution in [0.3, 0.4) is 0 Å². The Bertz CT molecular complexity index is 3150. The summed E-state index contributed by atoms with van der Waals surface area (Å²) in [5.41, 5.74) is 14.4. The van der Waals surface area contributed by atoms with Gasteiger partial charge in [-0.1, -0.05) is 131 Å². The Morgan fingerprint density at radius 3 is 2.05 bits per heavy atom. The fourth-order valence-corrected chi connectivity index (χ4v) is 7.79. The Morgan fingerprint density at radius 1 is 0.569 bits per heavy atom. The Hall–Kier alpha value is -6.03. The summed E-state index contributed by atoms with van der Waals surface area (Å²) in [7, 11) is 0. The zero-order chi connectivity index (χ0) is 39.1. The molecule has 0 spiro atoms. The molecule has 0 aliphatic carbocycles. The van der Waals surface area contributed by atoms with Gasteiger partial charge in [-0.15, -0.1) is 29.8 Å². The average molecular weight is 935 g/mol. The van der Waals surface area contributed by atoms with E-state index in [1.807, 2.05) is 42.6 Å². The maximum absolute atomic E-state index is 6.28. The van der Waals surface area contributed by atoms with Gasteiger partial charge in [0.15, 0.2) is 11.2 Å². The minimum Gasteiger partial charge on any atom is -0.452 e. The molecule has 5 heterocycles. The van der Waals surface area contributed by atoms with Gasteiger partial charge < -0.3 is 13.4 Å². The number of fused-ring (bicyclic) bond motifs is 6. The predicted molar refractivity (Wildman–Crippen MR) is 233 cm³/mol. The fraction of sp³-hybridized carbons (Fsp3) is 0.154. The second-order valence-corrected chi connectivity index (χ2v) is 17.0. The van der Waals surface area contributed by atoms with Gasteiger partial charge in [-0.05, 0) is 46.2 Å². The second-order valence-electron chi connectivity index (χ2n) is 17.0. The number of benzene rings is 5. The molecule has 0 radical (unpaired) electrons.